The largest absolute Gasteiger partial charge is 0.462 e. The first-order chi connectivity index (χ1) is 8.85. The Hall–Kier alpha value is -0.840. The SMILES string of the molecule is CCNC(c1ccc(COC)o1)C1CCCOC1. The van der Waals surface area contributed by atoms with Crippen LogP contribution in [0.2, 0.25) is 0 Å². The quantitative estimate of drug-likeness (QED) is 0.846. The van der Waals surface area contributed by atoms with Crippen molar-refractivity contribution in [1.29, 1.82) is 0 Å². The zero-order valence-corrected chi connectivity index (χ0v) is 11.3. The summed E-state index contributed by atoms with van der Waals surface area (Å²) >= 11 is 0. The third-order valence-corrected chi connectivity index (χ3v) is 3.37. The van der Waals surface area contributed by atoms with Gasteiger partial charge in [0.2, 0.25) is 0 Å². The van der Waals surface area contributed by atoms with Crippen LogP contribution in [0.5, 0.6) is 0 Å². The Labute approximate surface area is 109 Å². The molecule has 2 heterocycles. The van der Waals surface area contributed by atoms with Crippen molar-refractivity contribution in [3.63, 3.8) is 0 Å². The van der Waals surface area contributed by atoms with E-state index in [0.717, 1.165) is 37.7 Å². The third-order valence-electron chi connectivity index (χ3n) is 3.37. The van der Waals surface area contributed by atoms with E-state index >= 15 is 0 Å². The minimum absolute atomic E-state index is 0.251. The molecular formula is C14H23NO3. The van der Waals surface area contributed by atoms with E-state index < -0.39 is 0 Å². The first-order valence-corrected chi connectivity index (χ1v) is 6.73. The first kappa shape index (κ1) is 13.6. The summed E-state index contributed by atoms with van der Waals surface area (Å²) in [5, 5.41) is 3.51. The fraction of sp³-hybridized carbons (Fsp3) is 0.714. The fourth-order valence-electron chi connectivity index (χ4n) is 2.53. The second kappa shape index (κ2) is 6.92. The Bertz CT molecular complexity index is 345. The summed E-state index contributed by atoms with van der Waals surface area (Å²) in [7, 11) is 1.68. The van der Waals surface area contributed by atoms with Gasteiger partial charge in [0.25, 0.3) is 0 Å². The highest BCUT2D eigenvalue weighted by Gasteiger charge is 2.27. The number of ether oxygens (including phenoxy) is 2. The van der Waals surface area contributed by atoms with E-state index in [-0.39, 0.29) is 6.04 Å². The van der Waals surface area contributed by atoms with Gasteiger partial charge in [0.15, 0.2) is 0 Å². The molecule has 1 aromatic rings. The Morgan fingerprint density at radius 3 is 3.06 bits per heavy atom. The number of furan rings is 1. The summed E-state index contributed by atoms with van der Waals surface area (Å²) in [5.41, 5.74) is 0. The van der Waals surface area contributed by atoms with E-state index in [9.17, 15) is 0 Å². The highest BCUT2D eigenvalue weighted by molar-refractivity contribution is 5.11. The zero-order chi connectivity index (χ0) is 12.8. The summed E-state index contributed by atoms with van der Waals surface area (Å²) in [4.78, 5) is 0. The van der Waals surface area contributed by atoms with Gasteiger partial charge in [0, 0.05) is 19.6 Å². The van der Waals surface area contributed by atoms with Crippen LogP contribution in [0, 0.1) is 5.92 Å². The van der Waals surface area contributed by atoms with Crippen LogP contribution in [0.1, 0.15) is 37.3 Å². The van der Waals surface area contributed by atoms with Crippen LogP contribution in [0.15, 0.2) is 16.5 Å². The van der Waals surface area contributed by atoms with Crippen LogP contribution in [0.4, 0.5) is 0 Å². The van der Waals surface area contributed by atoms with Crippen LogP contribution in [-0.4, -0.2) is 26.9 Å². The van der Waals surface area contributed by atoms with Crippen molar-refractivity contribution in [2.45, 2.75) is 32.4 Å². The van der Waals surface area contributed by atoms with Gasteiger partial charge in [-0.15, -0.1) is 0 Å². The molecule has 0 spiro atoms. The molecule has 18 heavy (non-hydrogen) atoms. The lowest BCUT2D eigenvalue weighted by atomic mass is 9.92. The molecule has 0 amide bonds. The van der Waals surface area contributed by atoms with Crippen LogP contribution in [0.25, 0.3) is 0 Å². The molecule has 2 atom stereocenters. The van der Waals surface area contributed by atoms with Crippen molar-refractivity contribution in [3.8, 4) is 0 Å². The molecular weight excluding hydrogens is 230 g/mol. The average molecular weight is 253 g/mol. The Kier molecular flexibility index (Phi) is 5.23. The molecule has 102 valence electrons. The molecule has 0 bridgehead atoms. The van der Waals surface area contributed by atoms with Gasteiger partial charge in [-0.2, -0.15) is 0 Å². The van der Waals surface area contributed by atoms with Gasteiger partial charge in [-0.05, 0) is 31.5 Å². The van der Waals surface area contributed by atoms with Gasteiger partial charge in [-0.1, -0.05) is 6.92 Å². The number of nitrogens with one attached hydrogen (secondary N) is 1. The molecule has 2 rings (SSSR count). The second-order valence-electron chi connectivity index (χ2n) is 4.75. The Balaban J connectivity index is 2.06. The molecule has 0 aliphatic carbocycles. The highest BCUT2D eigenvalue weighted by Crippen LogP contribution is 2.30. The third kappa shape index (κ3) is 3.34. The molecule has 1 N–H and O–H groups in total. The van der Waals surface area contributed by atoms with Gasteiger partial charge in [0.1, 0.15) is 18.1 Å². The van der Waals surface area contributed by atoms with Gasteiger partial charge in [-0.25, -0.2) is 0 Å². The average Bonchev–Trinajstić information content (AvgIpc) is 2.86. The normalized spacial score (nSPS) is 22.0. The monoisotopic (exact) mass is 253 g/mol. The summed E-state index contributed by atoms with van der Waals surface area (Å²) in [6.45, 7) is 5.29. The minimum atomic E-state index is 0.251. The molecule has 1 aliphatic heterocycles. The lowest BCUT2D eigenvalue weighted by Crippen LogP contribution is -2.33. The van der Waals surface area contributed by atoms with Crippen LogP contribution in [0.3, 0.4) is 0 Å². The van der Waals surface area contributed by atoms with Crippen molar-refractivity contribution < 1.29 is 13.9 Å². The smallest absolute Gasteiger partial charge is 0.129 e. The number of hydrogen-bond donors (Lipinski definition) is 1. The lowest BCUT2D eigenvalue weighted by Gasteiger charge is -2.29. The topological polar surface area (TPSA) is 43.6 Å². The standard InChI is InChI=1S/C14H23NO3/c1-3-15-14(11-5-4-8-17-9-11)13-7-6-12(18-13)10-16-2/h6-7,11,14-15H,3-5,8-10H2,1-2H3. The van der Waals surface area contributed by atoms with E-state index in [1.54, 1.807) is 7.11 Å². The maximum absolute atomic E-state index is 5.85. The number of methoxy groups -OCH3 is 1. The molecule has 4 nitrogen and oxygen atoms in total. The van der Waals surface area contributed by atoms with Crippen LogP contribution >= 0.6 is 0 Å². The van der Waals surface area contributed by atoms with Gasteiger partial charge in [0.05, 0.1) is 12.6 Å². The van der Waals surface area contributed by atoms with Crippen molar-refractivity contribution in [3.05, 3.63) is 23.7 Å². The van der Waals surface area contributed by atoms with E-state index in [1.165, 1.54) is 6.42 Å². The van der Waals surface area contributed by atoms with Gasteiger partial charge in [-0.3, -0.25) is 0 Å². The molecule has 1 aliphatic rings. The second-order valence-corrected chi connectivity index (χ2v) is 4.75. The van der Waals surface area contributed by atoms with E-state index in [2.05, 4.69) is 18.3 Å². The molecule has 0 aromatic carbocycles. The van der Waals surface area contributed by atoms with Crippen LogP contribution < -0.4 is 5.32 Å². The van der Waals surface area contributed by atoms with Gasteiger partial charge >= 0.3 is 0 Å². The lowest BCUT2D eigenvalue weighted by molar-refractivity contribution is 0.0352. The van der Waals surface area contributed by atoms with Crippen LogP contribution in [-0.2, 0) is 16.1 Å². The van der Waals surface area contributed by atoms with Crippen molar-refractivity contribution in [1.82, 2.24) is 5.32 Å². The Morgan fingerprint density at radius 1 is 1.50 bits per heavy atom. The van der Waals surface area contributed by atoms with Crippen molar-refractivity contribution in [2.75, 3.05) is 26.9 Å². The predicted octanol–water partition coefficient (Wildman–Crippen LogP) is 2.50. The minimum Gasteiger partial charge on any atom is -0.462 e. The highest BCUT2D eigenvalue weighted by atomic mass is 16.5. The Morgan fingerprint density at radius 2 is 2.39 bits per heavy atom. The number of hydrogen-bond acceptors (Lipinski definition) is 4. The van der Waals surface area contributed by atoms with E-state index in [0.29, 0.717) is 12.5 Å². The molecule has 1 saturated heterocycles. The molecule has 1 fully saturated rings. The molecule has 4 heteroatoms. The molecule has 0 saturated carbocycles. The van der Waals surface area contributed by atoms with Gasteiger partial charge < -0.3 is 19.2 Å². The summed E-state index contributed by atoms with van der Waals surface area (Å²) < 4.78 is 16.5. The maximum atomic E-state index is 5.85. The predicted molar refractivity (Wildman–Crippen MR) is 69.4 cm³/mol. The van der Waals surface area contributed by atoms with E-state index in [4.69, 9.17) is 13.9 Å². The zero-order valence-electron chi connectivity index (χ0n) is 11.3. The van der Waals surface area contributed by atoms with E-state index in [1.807, 2.05) is 6.07 Å². The first-order valence-electron chi connectivity index (χ1n) is 6.73. The maximum Gasteiger partial charge on any atom is 0.129 e. The van der Waals surface area contributed by atoms with Crippen molar-refractivity contribution in [2.24, 2.45) is 5.92 Å². The number of rotatable bonds is 6. The summed E-state index contributed by atoms with van der Waals surface area (Å²) in [6.07, 6.45) is 2.33. The molecule has 2 unspecified atom stereocenters. The molecule has 1 aromatic heterocycles. The summed E-state index contributed by atoms with van der Waals surface area (Å²) in [6, 6.07) is 4.30. The molecule has 0 radical (unpaired) electrons. The fourth-order valence-corrected chi connectivity index (χ4v) is 2.53. The summed E-state index contributed by atoms with van der Waals surface area (Å²) in [5.74, 6) is 2.38. The van der Waals surface area contributed by atoms with Crippen molar-refractivity contribution >= 4 is 0 Å².